The number of amides is 1. The fourth-order valence-electron chi connectivity index (χ4n) is 0.499. The average molecular weight is 171 g/mol. The Hall–Kier alpha value is -0.790. The summed E-state index contributed by atoms with van der Waals surface area (Å²) in [7, 11) is 1.63. The zero-order valence-corrected chi connectivity index (χ0v) is 8.90. The van der Waals surface area contributed by atoms with Gasteiger partial charge in [-0.25, -0.2) is 0 Å². The minimum atomic E-state index is 0.0405. The summed E-state index contributed by atoms with van der Waals surface area (Å²) in [4.78, 5) is 10.8. The van der Waals surface area contributed by atoms with Crippen molar-refractivity contribution >= 4 is 5.91 Å². The highest BCUT2D eigenvalue weighted by Gasteiger charge is 2.04. The molecule has 0 radical (unpaired) electrons. The van der Waals surface area contributed by atoms with Gasteiger partial charge in [0.2, 0.25) is 5.91 Å². The molecule has 0 rings (SSSR count). The highest BCUT2D eigenvalue weighted by molar-refractivity contribution is 5.78. The second kappa shape index (κ2) is 8.31. The Morgan fingerprint density at radius 2 is 1.83 bits per heavy atom. The number of carbonyl (C=O) groups excluding carboxylic acids is 1. The smallest absolute Gasteiger partial charge is 0.223 e. The van der Waals surface area contributed by atoms with E-state index >= 15 is 0 Å². The lowest BCUT2D eigenvalue weighted by molar-refractivity contribution is -0.120. The number of hydrogen-bond donors (Lipinski definition) is 1. The summed E-state index contributed by atoms with van der Waals surface area (Å²) in [6.45, 7) is 11.8. The van der Waals surface area contributed by atoms with E-state index in [1.165, 1.54) is 0 Å². The molecule has 0 aliphatic rings. The third-order valence-corrected chi connectivity index (χ3v) is 1.48. The van der Waals surface area contributed by atoms with E-state index in [2.05, 4.69) is 11.9 Å². The number of hydrogen-bond acceptors (Lipinski definition) is 1. The molecule has 0 unspecified atom stereocenters. The molecule has 0 fully saturated rings. The maximum atomic E-state index is 10.8. The van der Waals surface area contributed by atoms with Crippen molar-refractivity contribution in [2.75, 3.05) is 7.05 Å². The van der Waals surface area contributed by atoms with E-state index in [1.54, 1.807) is 7.05 Å². The standard InChI is InChI=1S/C8H15NO.C2H6/c1-6(2)7(3)5-8(10)9-4;1-2/h6H,3,5H2,1-2,4H3,(H,9,10);1-2H3. The van der Waals surface area contributed by atoms with Gasteiger partial charge in [0.05, 0.1) is 0 Å². The summed E-state index contributed by atoms with van der Waals surface area (Å²) in [6, 6.07) is 0. The lowest BCUT2D eigenvalue weighted by atomic mass is 10.0. The number of nitrogens with one attached hydrogen (secondary N) is 1. The van der Waals surface area contributed by atoms with Crippen LogP contribution in [0.5, 0.6) is 0 Å². The fourth-order valence-corrected chi connectivity index (χ4v) is 0.499. The van der Waals surface area contributed by atoms with E-state index < -0.39 is 0 Å². The zero-order valence-electron chi connectivity index (χ0n) is 8.90. The maximum absolute atomic E-state index is 10.8. The lowest BCUT2D eigenvalue weighted by Crippen LogP contribution is -2.18. The van der Waals surface area contributed by atoms with Crippen LogP contribution in [-0.4, -0.2) is 13.0 Å². The van der Waals surface area contributed by atoms with E-state index in [0.29, 0.717) is 12.3 Å². The van der Waals surface area contributed by atoms with Gasteiger partial charge >= 0.3 is 0 Å². The van der Waals surface area contributed by atoms with E-state index in [1.807, 2.05) is 27.7 Å². The zero-order chi connectivity index (χ0) is 10.1. The molecular weight excluding hydrogens is 150 g/mol. The van der Waals surface area contributed by atoms with Gasteiger partial charge in [-0.1, -0.05) is 39.8 Å². The van der Waals surface area contributed by atoms with E-state index in [0.717, 1.165) is 5.57 Å². The number of carbonyl (C=O) groups is 1. The minimum absolute atomic E-state index is 0.0405. The van der Waals surface area contributed by atoms with Crippen molar-refractivity contribution in [3.63, 3.8) is 0 Å². The van der Waals surface area contributed by atoms with Crippen LogP contribution in [0.15, 0.2) is 12.2 Å². The largest absolute Gasteiger partial charge is 0.359 e. The van der Waals surface area contributed by atoms with Crippen LogP contribution in [0.2, 0.25) is 0 Å². The van der Waals surface area contributed by atoms with Crippen LogP contribution >= 0.6 is 0 Å². The molecule has 12 heavy (non-hydrogen) atoms. The quantitative estimate of drug-likeness (QED) is 0.649. The van der Waals surface area contributed by atoms with Gasteiger partial charge in [0, 0.05) is 13.5 Å². The van der Waals surface area contributed by atoms with Crippen molar-refractivity contribution in [1.29, 1.82) is 0 Å². The van der Waals surface area contributed by atoms with E-state index in [9.17, 15) is 4.79 Å². The third kappa shape index (κ3) is 7.32. The predicted molar refractivity (Wildman–Crippen MR) is 54.0 cm³/mol. The van der Waals surface area contributed by atoms with Gasteiger partial charge in [-0.05, 0) is 5.92 Å². The molecule has 2 nitrogen and oxygen atoms in total. The molecular formula is C10H21NO. The minimum Gasteiger partial charge on any atom is -0.359 e. The van der Waals surface area contributed by atoms with Crippen LogP contribution in [0.3, 0.4) is 0 Å². The molecule has 0 aliphatic heterocycles. The molecule has 0 saturated heterocycles. The average Bonchev–Trinajstić information content (AvgIpc) is 2.07. The first-order chi connectivity index (χ1) is 5.57. The first-order valence-corrected chi connectivity index (χ1v) is 4.46. The molecule has 1 N–H and O–H groups in total. The van der Waals surface area contributed by atoms with Gasteiger partial charge in [0.15, 0.2) is 0 Å². The SMILES string of the molecule is C=C(CC(=O)NC)C(C)C.CC. The molecule has 0 saturated carbocycles. The summed E-state index contributed by atoms with van der Waals surface area (Å²) in [5.74, 6) is 0.441. The molecule has 0 spiro atoms. The maximum Gasteiger partial charge on any atom is 0.223 e. The van der Waals surface area contributed by atoms with Crippen molar-refractivity contribution in [3.8, 4) is 0 Å². The lowest BCUT2D eigenvalue weighted by Gasteiger charge is -2.06. The molecule has 1 amide bonds. The summed E-state index contributed by atoms with van der Waals surface area (Å²) in [5.41, 5.74) is 0.986. The highest BCUT2D eigenvalue weighted by atomic mass is 16.1. The van der Waals surface area contributed by atoms with Gasteiger partial charge in [-0.3, -0.25) is 4.79 Å². The van der Waals surface area contributed by atoms with E-state index in [-0.39, 0.29) is 5.91 Å². The highest BCUT2D eigenvalue weighted by Crippen LogP contribution is 2.09. The Morgan fingerprint density at radius 1 is 1.42 bits per heavy atom. The van der Waals surface area contributed by atoms with Gasteiger partial charge < -0.3 is 5.32 Å². The van der Waals surface area contributed by atoms with Crippen LogP contribution in [0.25, 0.3) is 0 Å². The first-order valence-electron chi connectivity index (χ1n) is 4.46. The molecule has 0 aliphatic carbocycles. The second-order valence-electron chi connectivity index (χ2n) is 2.66. The topological polar surface area (TPSA) is 29.1 Å². The Kier molecular flexibility index (Phi) is 9.54. The van der Waals surface area contributed by atoms with Gasteiger partial charge in [0.25, 0.3) is 0 Å². The summed E-state index contributed by atoms with van der Waals surface area (Å²) in [6.07, 6.45) is 0.453. The normalized spacial score (nSPS) is 8.50. The summed E-state index contributed by atoms with van der Waals surface area (Å²) in [5, 5.41) is 2.55. The van der Waals surface area contributed by atoms with Crippen molar-refractivity contribution in [2.24, 2.45) is 5.92 Å². The van der Waals surface area contributed by atoms with Gasteiger partial charge in [-0.2, -0.15) is 0 Å². The predicted octanol–water partition coefficient (Wildman–Crippen LogP) is 2.36. The molecule has 0 bridgehead atoms. The first kappa shape index (κ1) is 13.8. The summed E-state index contributed by atoms with van der Waals surface area (Å²) < 4.78 is 0. The molecule has 0 aromatic rings. The van der Waals surface area contributed by atoms with E-state index in [4.69, 9.17) is 0 Å². The molecule has 0 atom stereocenters. The molecule has 2 heteroatoms. The van der Waals surface area contributed by atoms with Gasteiger partial charge in [-0.15, -0.1) is 0 Å². The second-order valence-corrected chi connectivity index (χ2v) is 2.66. The monoisotopic (exact) mass is 171 g/mol. The van der Waals surface area contributed by atoms with Crippen LogP contribution in [0, 0.1) is 5.92 Å². The molecule has 0 aromatic heterocycles. The van der Waals surface area contributed by atoms with Crippen molar-refractivity contribution in [3.05, 3.63) is 12.2 Å². The fraction of sp³-hybridized carbons (Fsp3) is 0.700. The molecule has 72 valence electrons. The Labute approximate surface area is 76.1 Å². The van der Waals surface area contributed by atoms with Crippen molar-refractivity contribution in [1.82, 2.24) is 5.32 Å². The van der Waals surface area contributed by atoms with Crippen LogP contribution in [-0.2, 0) is 4.79 Å². The number of rotatable bonds is 3. The van der Waals surface area contributed by atoms with Crippen molar-refractivity contribution < 1.29 is 4.79 Å². The molecule has 0 heterocycles. The van der Waals surface area contributed by atoms with Gasteiger partial charge in [0.1, 0.15) is 0 Å². The Balaban J connectivity index is 0. The third-order valence-electron chi connectivity index (χ3n) is 1.48. The van der Waals surface area contributed by atoms with Crippen molar-refractivity contribution in [2.45, 2.75) is 34.1 Å². The van der Waals surface area contributed by atoms with Crippen LogP contribution in [0.4, 0.5) is 0 Å². The molecule has 0 aromatic carbocycles. The Morgan fingerprint density at radius 3 is 2.08 bits per heavy atom. The Bertz CT molecular complexity index is 139. The van der Waals surface area contributed by atoms with Crippen LogP contribution in [0.1, 0.15) is 34.1 Å². The summed E-state index contributed by atoms with van der Waals surface area (Å²) >= 11 is 0. The van der Waals surface area contributed by atoms with Crippen LogP contribution < -0.4 is 5.32 Å².